The summed E-state index contributed by atoms with van der Waals surface area (Å²) in [5.41, 5.74) is -0.302. The Morgan fingerprint density at radius 3 is 1.52 bits per heavy atom. The maximum Gasteiger partial charge on any atom is 0.241 e. The molecule has 0 heterocycles. The molecule has 0 radical (unpaired) electrons. The number of carbonyl (C=O) groups is 2. The molecule has 0 aromatic heterocycles. The summed E-state index contributed by atoms with van der Waals surface area (Å²) in [5.74, 6) is -1.21. The SMILES string of the molecule is CCCCN(CCCC)CCCNS(=O)(=O)c1ccc2c(c1)C(=O)c1cccc(S(=O)(=O)NCCCN(CCCC)CCCC)c1C2=O. The van der Waals surface area contributed by atoms with Gasteiger partial charge in [0.25, 0.3) is 0 Å². The fraction of sp³-hybridized carbons (Fsp3) is 0.611. The summed E-state index contributed by atoms with van der Waals surface area (Å²) < 4.78 is 58.5. The monoisotopic (exact) mass is 704 g/mol. The van der Waals surface area contributed by atoms with Gasteiger partial charge in [-0.1, -0.05) is 65.5 Å². The molecule has 0 aliphatic heterocycles. The molecule has 0 atom stereocenters. The predicted molar refractivity (Wildman–Crippen MR) is 192 cm³/mol. The summed E-state index contributed by atoms with van der Waals surface area (Å²) in [6.07, 6.45) is 10.0. The zero-order chi connectivity index (χ0) is 35.2. The first kappa shape index (κ1) is 40.0. The van der Waals surface area contributed by atoms with Crippen molar-refractivity contribution in [1.29, 1.82) is 0 Å². The van der Waals surface area contributed by atoms with Gasteiger partial charge in [-0.3, -0.25) is 9.59 Å². The summed E-state index contributed by atoms with van der Waals surface area (Å²) in [7, 11) is -8.05. The van der Waals surface area contributed by atoms with Gasteiger partial charge in [0.2, 0.25) is 20.0 Å². The van der Waals surface area contributed by atoms with Crippen LogP contribution in [0.5, 0.6) is 0 Å². The average molecular weight is 705 g/mol. The topological polar surface area (TPSA) is 133 Å². The van der Waals surface area contributed by atoms with E-state index in [0.29, 0.717) is 12.8 Å². The molecule has 0 bridgehead atoms. The van der Waals surface area contributed by atoms with Crippen LogP contribution in [0.2, 0.25) is 0 Å². The Kier molecular flexibility index (Phi) is 16.3. The average Bonchev–Trinajstić information content (AvgIpc) is 3.08. The molecule has 2 N–H and O–H groups in total. The standard InChI is InChI=1S/C36H56N4O6S2/c1-5-9-22-39(23-10-6-2)26-14-20-37-47(43,44)29-18-19-30-32(28-29)35(41)31-16-13-17-33(34(31)36(30)42)48(45,46)38-21-15-27-40(24-11-7-3)25-12-8-4/h13,16-19,28,37-38H,5-12,14-15,20-27H2,1-4H3. The molecule has 10 nitrogen and oxygen atoms in total. The molecule has 1 aliphatic carbocycles. The van der Waals surface area contributed by atoms with E-state index in [1.54, 1.807) is 0 Å². The van der Waals surface area contributed by atoms with E-state index < -0.39 is 31.6 Å². The van der Waals surface area contributed by atoms with Gasteiger partial charge in [-0.2, -0.15) is 0 Å². The number of fused-ring (bicyclic) bond motifs is 2. The zero-order valence-electron chi connectivity index (χ0n) is 29.4. The Balaban J connectivity index is 1.71. The van der Waals surface area contributed by atoms with Crippen LogP contribution in [0.3, 0.4) is 0 Å². The molecule has 2 aromatic rings. The summed E-state index contributed by atoms with van der Waals surface area (Å²) in [6.45, 7) is 14.5. The highest BCUT2D eigenvalue weighted by molar-refractivity contribution is 7.89. The van der Waals surface area contributed by atoms with E-state index in [1.807, 2.05) is 0 Å². The van der Waals surface area contributed by atoms with Crippen LogP contribution in [0.25, 0.3) is 0 Å². The first-order chi connectivity index (χ1) is 23.0. The number of ketones is 2. The quantitative estimate of drug-likeness (QED) is 0.115. The second-order valence-corrected chi connectivity index (χ2v) is 16.1. The molecule has 0 saturated carbocycles. The van der Waals surface area contributed by atoms with Crippen LogP contribution in [-0.4, -0.2) is 90.6 Å². The summed E-state index contributed by atoms with van der Waals surface area (Å²) in [4.78, 5) is 31.7. The molecule has 0 saturated heterocycles. The van der Waals surface area contributed by atoms with Crippen molar-refractivity contribution < 1.29 is 26.4 Å². The number of carbonyl (C=O) groups excluding carboxylic acids is 2. The highest BCUT2D eigenvalue weighted by Crippen LogP contribution is 2.32. The lowest BCUT2D eigenvalue weighted by Crippen LogP contribution is -2.33. The number of nitrogens with one attached hydrogen (secondary N) is 2. The molecule has 0 fully saturated rings. The minimum atomic E-state index is -4.10. The minimum Gasteiger partial charge on any atom is -0.303 e. The molecule has 0 unspecified atom stereocenters. The van der Waals surface area contributed by atoms with Crippen molar-refractivity contribution >= 4 is 31.6 Å². The van der Waals surface area contributed by atoms with Crippen LogP contribution in [0.15, 0.2) is 46.2 Å². The van der Waals surface area contributed by atoms with Crippen LogP contribution < -0.4 is 9.44 Å². The molecule has 0 spiro atoms. The Bertz CT molecular complexity index is 1560. The lowest BCUT2D eigenvalue weighted by Gasteiger charge is -2.23. The minimum absolute atomic E-state index is 0.0147. The first-order valence-electron chi connectivity index (χ1n) is 17.8. The highest BCUT2D eigenvalue weighted by atomic mass is 32.2. The smallest absolute Gasteiger partial charge is 0.241 e. The van der Waals surface area contributed by atoms with Gasteiger partial charge < -0.3 is 9.80 Å². The highest BCUT2D eigenvalue weighted by Gasteiger charge is 2.35. The lowest BCUT2D eigenvalue weighted by molar-refractivity contribution is 0.0976. The summed E-state index contributed by atoms with van der Waals surface area (Å²) in [6, 6.07) is 8.01. The number of hydrogen-bond acceptors (Lipinski definition) is 8. The van der Waals surface area contributed by atoms with Crippen LogP contribution in [0.4, 0.5) is 0 Å². The van der Waals surface area contributed by atoms with Crippen molar-refractivity contribution in [2.45, 2.75) is 102 Å². The normalized spacial score (nSPS) is 13.4. The van der Waals surface area contributed by atoms with Crippen LogP contribution in [-0.2, 0) is 20.0 Å². The molecule has 12 heteroatoms. The van der Waals surface area contributed by atoms with Gasteiger partial charge in [0.05, 0.1) is 15.4 Å². The third kappa shape index (κ3) is 11.0. The van der Waals surface area contributed by atoms with E-state index in [1.165, 1.54) is 36.4 Å². The van der Waals surface area contributed by atoms with Crippen LogP contribution in [0, 0.1) is 0 Å². The van der Waals surface area contributed by atoms with Crippen molar-refractivity contribution in [1.82, 2.24) is 19.2 Å². The fourth-order valence-electron chi connectivity index (χ4n) is 5.91. The Morgan fingerprint density at radius 2 is 1.02 bits per heavy atom. The number of unbranched alkanes of at least 4 members (excludes halogenated alkanes) is 4. The lowest BCUT2D eigenvalue weighted by atomic mass is 9.84. The van der Waals surface area contributed by atoms with Gasteiger partial charge in [0, 0.05) is 29.8 Å². The molecular formula is C36H56N4O6S2. The first-order valence-corrected chi connectivity index (χ1v) is 20.8. The second kappa shape index (κ2) is 19.6. The number of sulfonamides is 2. The van der Waals surface area contributed by atoms with E-state index in [9.17, 15) is 26.4 Å². The molecule has 0 amide bonds. The molecule has 3 rings (SSSR count). The number of rotatable bonds is 24. The molecular weight excluding hydrogens is 649 g/mol. The summed E-state index contributed by atoms with van der Waals surface area (Å²) >= 11 is 0. The fourth-order valence-corrected chi connectivity index (χ4v) is 8.31. The van der Waals surface area contributed by atoms with Gasteiger partial charge in [-0.05, 0) is 102 Å². The van der Waals surface area contributed by atoms with Crippen molar-refractivity contribution in [3.8, 4) is 0 Å². The predicted octanol–water partition coefficient (Wildman–Crippen LogP) is 5.60. The van der Waals surface area contributed by atoms with Crippen LogP contribution in [0.1, 0.15) is 124 Å². The van der Waals surface area contributed by atoms with Gasteiger partial charge >= 0.3 is 0 Å². The number of hydrogen-bond donors (Lipinski definition) is 2. The Hall–Kier alpha value is -2.48. The van der Waals surface area contributed by atoms with Crippen LogP contribution >= 0.6 is 0 Å². The third-order valence-electron chi connectivity index (χ3n) is 8.78. The molecule has 268 valence electrons. The summed E-state index contributed by atoms with van der Waals surface area (Å²) in [5, 5.41) is 0. The largest absolute Gasteiger partial charge is 0.303 e. The third-order valence-corrected chi connectivity index (χ3v) is 11.7. The van der Waals surface area contributed by atoms with Crippen molar-refractivity contribution in [2.24, 2.45) is 0 Å². The van der Waals surface area contributed by atoms with E-state index in [-0.39, 0.29) is 45.1 Å². The van der Waals surface area contributed by atoms with Gasteiger partial charge in [0.1, 0.15) is 0 Å². The maximum absolute atomic E-state index is 13.7. The van der Waals surface area contributed by atoms with Gasteiger partial charge in [-0.15, -0.1) is 0 Å². The second-order valence-electron chi connectivity index (χ2n) is 12.6. The number of nitrogens with zero attached hydrogens (tertiary/aromatic N) is 2. The van der Waals surface area contributed by atoms with E-state index >= 15 is 0 Å². The molecule has 48 heavy (non-hydrogen) atoms. The Labute approximate surface area is 289 Å². The maximum atomic E-state index is 13.7. The van der Waals surface area contributed by atoms with Crippen molar-refractivity contribution in [3.63, 3.8) is 0 Å². The van der Waals surface area contributed by atoms with E-state index in [2.05, 4.69) is 46.9 Å². The van der Waals surface area contributed by atoms with Crippen molar-refractivity contribution in [3.05, 3.63) is 58.7 Å². The van der Waals surface area contributed by atoms with E-state index in [0.717, 1.165) is 90.6 Å². The Morgan fingerprint density at radius 1 is 0.542 bits per heavy atom. The van der Waals surface area contributed by atoms with Gasteiger partial charge in [0.15, 0.2) is 11.6 Å². The molecule has 1 aliphatic rings. The number of benzene rings is 2. The van der Waals surface area contributed by atoms with E-state index in [4.69, 9.17) is 0 Å². The van der Waals surface area contributed by atoms with Gasteiger partial charge in [-0.25, -0.2) is 26.3 Å². The zero-order valence-corrected chi connectivity index (χ0v) is 31.0. The molecule has 2 aromatic carbocycles. The van der Waals surface area contributed by atoms with Crippen molar-refractivity contribution in [2.75, 3.05) is 52.4 Å².